The fourth-order valence-electron chi connectivity index (χ4n) is 3.97. The minimum Gasteiger partial charge on any atom is -0.335 e. The van der Waals surface area contributed by atoms with E-state index in [0.717, 1.165) is 19.3 Å². The van der Waals surface area contributed by atoms with Crippen LogP contribution in [-0.2, 0) is 16.6 Å². The quantitative estimate of drug-likeness (QED) is 0.708. The van der Waals surface area contributed by atoms with Crippen LogP contribution in [0.25, 0.3) is 10.9 Å². The zero-order valence-corrected chi connectivity index (χ0v) is 16.1. The predicted molar refractivity (Wildman–Crippen MR) is 103 cm³/mol. The molecule has 1 N–H and O–H groups in total. The lowest BCUT2D eigenvalue weighted by Crippen LogP contribution is -2.36. The van der Waals surface area contributed by atoms with E-state index < -0.39 is 16.1 Å². The first-order valence-corrected chi connectivity index (χ1v) is 11.0. The summed E-state index contributed by atoms with van der Waals surface area (Å²) in [5.74, 6) is 1.02. The van der Waals surface area contributed by atoms with Gasteiger partial charge in [0.15, 0.2) is 5.03 Å². The van der Waals surface area contributed by atoms with Crippen LogP contribution >= 0.6 is 0 Å². The van der Waals surface area contributed by atoms with Crippen molar-refractivity contribution in [1.82, 2.24) is 23.8 Å². The van der Waals surface area contributed by atoms with Crippen molar-refractivity contribution in [2.45, 2.75) is 43.3 Å². The van der Waals surface area contributed by atoms with Crippen molar-refractivity contribution in [3.05, 3.63) is 53.0 Å². The second kappa shape index (κ2) is 6.52. The van der Waals surface area contributed by atoms with Gasteiger partial charge in [-0.1, -0.05) is 12.1 Å². The van der Waals surface area contributed by atoms with E-state index in [9.17, 15) is 13.2 Å². The highest BCUT2D eigenvalue weighted by Gasteiger charge is 2.40. The Kier molecular flexibility index (Phi) is 4.09. The molecule has 1 aliphatic carbocycles. The van der Waals surface area contributed by atoms with Crippen LogP contribution in [0.2, 0.25) is 0 Å². The van der Waals surface area contributed by atoms with E-state index >= 15 is 0 Å². The number of aromatic amines is 1. The van der Waals surface area contributed by atoms with Crippen molar-refractivity contribution < 1.29 is 8.42 Å². The number of hydrogen-bond acceptors (Lipinski definition) is 5. The first-order chi connectivity index (χ1) is 13.6. The molecule has 9 heteroatoms. The number of sulfonamides is 1. The summed E-state index contributed by atoms with van der Waals surface area (Å²) < 4.78 is 29.4. The van der Waals surface area contributed by atoms with E-state index in [2.05, 4.69) is 9.97 Å². The van der Waals surface area contributed by atoms with E-state index in [-0.39, 0.29) is 10.6 Å². The number of nitrogens with zero attached hydrogens (tertiary/aromatic N) is 4. The summed E-state index contributed by atoms with van der Waals surface area (Å²) >= 11 is 0. The van der Waals surface area contributed by atoms with Crippen molar-refractivity contribution in [3.63, 3.8) is 0 Å². The van der Waals surface area contributed by atoms with Gasteiger partial charge in [0.05, 0.1) is 29.5 Å². The molecular weight excluding hydrogens is 378 g/mol. The molecule has 1 saturated heterocycles. The van der Waals surface area contributed by atoms with Crippen LogP contribution in [-0.4, -0.2) is 38.8 Å². The van der Waals surface area contributed by atoms with Crippen molar-refractivity contribution in [1.29, 1.82) is 0 Å². The summed E-state index contributed by atoms with van der Waals surface area (Å²) in [6.07, 6.45) is 6.23. The van der Waals surface area contributed by atoms with Crippen LogP contribution in [0.1, 0.15) is 37.5 Å². The van der Waals surface area contributed by atoms with Gasteiger partial charge < -0.3 is 4.98 Å². The first-order valence-electron chi connectivity index (χ1n) is 9.55. The lowest BCUT2D eigenvalue weighted by molar-refractivity contribution is 0.364. The highest BCUT2D eigenvalue weighted by molar-refractivity contribution is 7.89. The maximum Gasteiger partial charge on any atom is 0.261 e. The van der Waals surface area contributed by atoms with Crippen molar-refractivity contribution in [3.8, 4) is 0 Å². The normalized spacial score (nSPS) is 20.8. The Bertz CT molecular complexity index is 1180. The topological polar surface area (TPSA) is 101 Å². The Labute approximate surface area is 162 Å². The minimum absolute atomic E-state index is 0.0660. The zero-order valence-electron chi connectivity index (χ0n) is 15.3. The number of para-hydroxylation sites is 1. The van der Waals surface area contributed by atoms with E-state index in [4.69, 9.17) is 4.98 Å². The smallest absolute Gasteiger partial charge is 0.261 e. The Morgan fingerprint density at radius 2 is 2.00 bits per heavy atom. The van der Waals surface area contributed by atoms with Crippen molar-refractivity contribution in [2.24, 2.45) is 5.92 Å². The number of aromatic nitrogens is 4. The molecule has 2 aliphatic rings. The van der Waals surface area contributed by atoms with Crippen LogP contribution in [0.3, 0.4) is 0 Å². The Morgan fingerprint density at radius 3 is 2.75 bits per heavy atom. The average molecular weight is 399 g/mol. The number of rotatable bonds is 5. The molecule has 1 saturated carbocycles. The van der Waals surface area contributed by atoms with Crippen LogP contribution in [0.4, 0.5) is 0 Å². The third-order valence-electron chi connectivity index (χ3n) is 5.59. The van der Waals surface area contributed by atoms with Crippen LogP contribution in [0.15, 0.2) is 46.6 Å². The van der Waals surface area contributed by atoms with Gasteiger partial charge in [0.25, 0.3) is 15.6 Å². The third-order valence-corrected chi connectivity index (χ3v) is 7.42. The summed E-state index contributed by atoms with van der Waals surface area (Å²) in [4.78, 5) is 24.5. The predicted octanol–water partition coefficient (Wildman–Crippen LogP) is 2.06. The second-order valence-electron chi connectivity index (χ2n) is 7.54. The molecule has 8 nitrogen and oxygen atoms in total. The summed E-state index contributed by atoms with van der Waals surface area (Å²) in [7, 11) is -3.73. The number of H-pyrrole nitrogens is 1. The molecule has 0 spiro atoms. The van der Waals surface area contributed by atoms with Crippen molar-refractivity contribution >= 4 is 20.9 Å². The van der Waals surface area contributed by atoms with E-state index in [0.29, 0.717) is 42.2 Å². The summed E-state index contributed by atoms with van der Waals surface area (Å²) in [5.41, 5.74) is 0.527. The lowest BCUT2D eigenvalue weighted by atomic mass is 10.1. The lowest BCUT2D eigenvalue weighted by Gasteiger charge is -2.25. The van der Waals surface area contributed by atoms with Crippen LogP contribution in [0, 0.1) is 5.92 Å². The molecule has 3 aromatic rings. The molecule has 1 aromatic carbocycles. The maximum atomic E-state index is 13.2. The molecule has 0 bridgehead atoms. The Hall–Kier alpha value is -2.52. The molecule has 0 amide bonds. The number of benzene rings is 1. The zero-order chi connectivity index (χ0) is 19.3. The standard InChI is InChI=1S/C19H21N5O3S/c25-19-14-4-1-2-5-15(14)22-18(23(19)11-13-7-8-13)16-6-3-9-24(16)28(26,27)17-10-20-12-21-17/h1-2,4-5,10,12-13,16H,3,6-9,11H2,(H,20,21). The van der Waals surface area contributed by atoms with E-state index in [1.807, 2.05) is 18.2 Å². The Morgan fingerprint density at radius 1 is 1.18 bits per heavy atom. The van der Waals surface area contributed by atoms with Gasteiger partial charge in [-0.3, -0.25) is 9.36 Å². The summed E-state index contributed by atoms with van der Waals surface area (Å²) in [6, 6.07) is 6.81. The van der Waals surface area contributed by atoms with Gasteiger partial charge in [-0.2, -0.15) is 4.31 Å². The molecular formula is C19H21N5O3S. The van der Waals surface area contributed by atoms with Gasteiger partial charge in [-0.05, 0) is 43.7 Å². The number of fused-ring (bicyclic) bond motifs is 1. The highest BCUT2D eigenvalue weighted by Crippen LogP contribution is 2.37. The molecule has 1 unspecified atom stereocenters. The molecule has 146 valence electrons. The minimum atomic E-state index is -3.73. The molecule has 28 heavy (non-hydrogen) atoms. The largest absolute Gasteiger partial charge is 0.335 e. The van der Waals surface area contributed by atoms with Gasteiger partial charge in [-0.15, -0.1) is 0 Å². The molecule has 3 heterocycles. The number of imidazole rings is 1. The SMILES string of the molecule is O=c1c2ccccc2nc(C2CCCN2S(=O)(=O)c2cnc[nH]2)n1CC1CC1. The molecule has 0 radical (unpaired) electrons. The molecule has 1 aliphatic heterocycles. The number of nitrogens with one attached hydrogen (secondary N) is 1. The monoisotopic (exact) mass is 399 g/mol. The fraction of sp³-hybridized carbons (Fsp3) is 0.421. The highest BCUT2D eigenvalue weighted by atomic mass is 32.2. The Balaban J connectivity index is 1.66. The maximum absolute atomic E-state index is 13.2. The fourth-order valence-corrected chi connectivity index (χ4v) is 5.52. The van der Waals surface area contributed by atoms with Gasteiger partial charge >= 0.3 is 0 Å². The van der Waals surface area contributed by atoms with Crippen LogP contribution in [0.5, 0.6) is 0 Å². The van der Waals surface area contributed by atoms with Gasteiger partial charge in [0.1, 0.15) is 5.82 Å². The molecule has 2 aromatic heterocycles. The first kappa shape index (κ1) is 17.6. The van der Waals surface area contributed by atoms with E-state index in [1.165, 1.54) is 16.8 Å². The summed E-state index contributed by atoms with van der Waals surface area (Å²) in [6.45, 7) is 0.999. The van der Waals surface area contributed by atoms with Gasteiger partial charge in [0.2, 0.25) is 0 Å². The van der Waals surface area contributed by atoms with Crippen molar-refractivity contribution in [2.75, 3.05) is 6.54 Å². The number of hydrogen-bond donors (Lipinski definition) is 1. The molecule has 2 fully saturated rings. The second-order valence-corrected chi connectivity index (χ2v) is 9.39. The summed E-state index contributed by atoms with van der Waals surface area (Å²) in [5, 5.41) is 0.643. The molecule has 1 atom stereocenters. The van der Waals surface area contributed by atoms with Gasteiger partial charge in [0, 0.05) is 13.1 Å². The van der Waals surface area contributed by atoms with E-state index in [1.54, 1.807) is 10.6 Å². The van der Waals surface area contributed by atoms with Gasteiger partial charge in [-0.25, -0.2) is 18.4 Å². The third kappa shape index (κ3) is 2.85. The molecule has 5 rings (SSSR count). The average Bonchev–Trinajstić information content (AvgIpc) is 3.14. The van der Waals surface area contributed by atoms with Crippen LogP contribution < -0.4 is 5.56 Å².